The number of fused-ring (bicyclic) bond motifs is 1. The molecule has 0 amide bonds. The Labute approximate surface area is 119 Å². The molecule has 1 saturated carbocycles. The van der Waals surface area contributed by atoms with Crippen molar-refractivity contribution >= 4 is 5.65 Å². The van der Waals surface area contributed by atoms with Gasteiger partial charge in [0.2, 0.25) is 5.82 Å². The molecule has 7 heteroatoms. The number of nitrogens with zero attached hydrogens (tertiary/aromatic N) is 3. The molecule has 2 aromatic rings. The van der Waals surface area contributed by atoms with Crippen LogP contribution in [-0.2, 0) is 12.6 Å². The molecule has 0 radical (unpaired) electrons. The Morgan fingerprint density at radius 1 is 1.24 bits per heavy atom. The van der Waals surface area contributed by atoms with Gasteiger partial charge in [0, 0.05) is 19.3 Å². The summed E-state index contributed by atoms with van der Waals surface area (Å²) in [6.45, 7) is 2.18. The molecule has 4 rings (SSSR count). The third kappa shape index (κ3) is 2.10. The summed E-state index contributed by atoms with van der Waals surface area (Å²) in [6, 6.07) is 3.46. The van der Waals surface area contributed by atoms with Gasteiger partial charge < -0.3 is 5.32 Å². The maximum absolute atomic E-state index is 12.8. The van der Waals surface area contributed by atoms with Gasteiger partial charge in [0.25, 0.3) is 0 Å². The molecule has 0 bridgehead atoms. The van der Waals surface area contributed by atoms with Crippen LogP contribution >= 0.6 is 0 Å². The average molecular weight is 296 g/mol. The Hall–Kier alpha value is -1.63. The van der Waals surface area contributed by atoms with E-state index in [0.717, 1.165) is 29.5 Å². The Bertz CT molecular complexity index is 679. The fraction of sp³-hybridized carbons (Fsp3) is 0.571. The van der Waals surface area contributed by atoms with Gasteiger partial charge in [-0.2, -0.15) is 13.2 Å². The van der Waals surface area contributed by atoms with Crippen LogP contribution in [0.5, 0.6) is 0 Å². The summed E-state index contributed by atoms with van der Waals surface area (Å²) >= 11 is 0. The van der Waals surface area contributed by atoms with Crippen molar-refractivity contribution in [3.05, 3.63) is 29.7 Å². The van der Waals surface area contributed by atoms with E-state index in [-0.39, 0.29) is 5.65 Å². The van der Waals surface area contributed by atoms with Gasteiger partial charge in [0.15, 0.2) is 5.65 Å². The Balaban J connectivity index is 1.56. The first-order chi connectivity index (χ1) is 9.95. The van der Waals surface area contributed by atoms with E-state index in [0.29, 0.717) is 11.3 Å². The Morgan fingerprint density at radius 2 is 2.00 bits per heavy atom. The first-order valence-electron chi connectivity index (χ1n) is 7.07. The molecule has 1 aliphatic heterocycles. The lowest BCUT2D eigenvalue weighted by molar-refractivity contribution is -0.145. The van der Waals surface area contributed by atoms with Gasteiger partial charge in [-0.3, -0.25) is 4.40 Å². The van der Waals surface area contributed by atoms with E-state index in [1.54, 1.807) is 6.07 Å². The molecule has 4 nitrogen and oxygen atoms in total. The highest BCUT2D eigenvalue weighted by Gasteiger charge is 2.47. The largest absolute Gasteiger partial charge is 0.452 e. The monoisotopic (exact) mass is 296 g/mol. The van der Waals surface area contributed by atoms with Gasteiger partial charge >= 0.3 is 6.18 Å². The quantitative estimate of drug-likeness (QED) is 0.924. The van der Waals surface area contributed by atoms with Gasteiger partial charge in [-0.1, -0.05) is 6.07 Å². The smallest absolute Gasteiger partial charge is 0.316 e. The van der Waals surface area contributed by atoms with Crippen molar-refractivity contribution in [1.29, 1.82) is 0 Å². The lowest BCUT2D eigenvalue weighted by atomic mass is 9.57. The maximum atomic E-state index is 12.8. The van der Waals surface area contributed by atoms with E-state index in [1.165, 1.54) is 19.0 Å². The summed E-state index contributed by atoms with van der Waals surface area (Å²) < 4.78 is 39.6. The number of halogens is 3. The van der Waals surface area contributed by atoms with Crippen molar-refractivity contribution in [2.45, 2.75) is 25.4 Å². The molecule has 1 aliphatic carbocycles. The Morgan fingerprint density at radius 3 is 2.62 bits per heavy atom. The molecule has 21 heavy (non-hydrogen) atoms. The molecule has 1 N–H and O–H groups in total. The number of rotatable bonds is 2. The molecule has 3 heterocycles. The minimum absolute atomic E-state index is 0.236. The molecule has 1 saturated heterocycles. The number of aromatic nitrogens is 3. The van der Waals surface area contributed by atoms with Gasteiger partial charge in [-0.05, 0) is 42.2 Å². The standard InChI is InChI=1S/C14H15F3N4/c15-14(16,17)12-20-19-11-2-1-9(6-21(11)12)3-10-4-13(5-10)7-18-8-13/h1-2,6,10,18H,3-5,7-8H2. The van der Waals surface area contributed by atoms with E-state index in [9.17, 15) is 13.2 Å². The molecule has 0 unspecified atom stereocenters. The normalized spacial score (nSPS) is 21.5. The van der Waals surface area contributed by atoms with E-state index < -0.39 is 12.0 Å². The topological polar surface area (TPSA) is 42.2 Å². The molecule has 0 aromatic carbocycles. The lowest BCUT2D eigenvalue weighted by Gasteiger charge is -2.54. The maximum Gasteiger partial charge on any atom is 0.452 e. The first-order valence-corrected chi connectivity index (χ1v) is 7.07. The second kappa shape index (κ2) is 4.19. The number of pyridine rings is 1. The molecule has 2 aliphatic rings. The summed E-state index contributed by atoms with van der Waals surface area (Å²) in [4.78, 5) is 0. The molecule has 0 atom stereocenters. The second-order valence-electron chi connectivity index (χ2n) is 6.37. The van der Waals surface area contributed by atoms with Crippen LogP contribution in [0.1, 0.15) is 24.2 Å². The molecule has 2 fully saturated rings. The van der Waals surface area contributed by atoms with E-state index in [1.807, 2.05) is 6.07 Å². The number of nitrogens with one attached hydrogen (secondary N) is 1. The van der Waals surface area contributed by atoms with Crippen LogP contribution < -0.4 is 5.32 Å². The highest BCUT2D eigenvalue weighted by Crippen LogP contribution is 2.49. The van der Waals surface area contributed by atoms with Crippen molar-refractivity contribution in [3.8, 4) is 0 Å². The van der Waals surface area contributed by atoms with Gasteiger partial charge in [0.05, 0.1) is 0 Å². The number of hydrogen-bond acceptors (Lipinski definition) is 3. The summed E-state index contributed by atoms with van der Waals surface area (Å²) in [5.74, 6) is -0.372. The predicted molar refractivity (Wildman–Crippen MR) is 69.7 cm³/mol. The zero-order valence-electron chi connectivity index (χ0n) is 11.3. The van der Waals surface area contributed by atoms with Crippen LogP contribution in [-0.4, -0.2) is 27.7 Å². The van der Waals surface area contributed by atoms with Crippen molar-refractivity contribution < 1.29 is 13.2 Å². The lowest BCUT2D eigenvalue weighted by Crippen LogP contribution is -2.60. The van der Waals surface area contributed by atoms with Gasteiger partial charge in [-0.15, -0.1) is 10.2 Å². The molecule has 112 valence electrons. The van der Waals surface area contributed by atoms with E-state index >= 15 is 0 Å². The first kappa shape index (κ1) is 13.1. The predicted octanol–water partition coefficient (Wildman–Crippen LogP) is 2.29. The minimum atomic E-state index is -4.48. The molecule has 2 aromatic heterocycles. The molecular formula is C14H15F3N4. The van der Waals surface area contributed by atoms with Gasteiger partial charge in [0.1, 0.15) is 0 Å². The zero-order valence-corrected chi connectivity index (χ0v) is 11.3. The molecular weight excluding hydrogens is 281 g/mol. The van der Waals surface area contributed by atoms with Crippen LogP contribution in [0.25, 0.3) is 5.65 Å². The SMILES string of the molecule is FC(F)(F)c1nnc2ccc(CC3CC4(CNC4)C3)cn12. The van der Waals surface area contributed by atoms with Crippen LogP contribution in [0.15, 0.2) is 18.3 Å². The minimum Gasteiger partial charge on any atom is -0.316 e. The highest BCUT2D eigenvalue weighted by atomic mass is 19.4. The van der Waals surface area contributed by atoms with Gasteiger partial charge in [-0.25, -0.2) is 0 Å². The number of hydrogen-bond donors (Lipinski definition) is 1. The summed E-state index contributed by atoms with van der Waals surface area (Å²) in [7, 11) is 0. The van der Waals surface area contributed by atoms with Crippen molar-refractivity contribution in [2.75, 3.05) is 13.1 Å². The van der Waals surface area contributed by atoms with Crippen LogP contribution in [0, 0.1) is 11.3 Å². The fourth-order valence-electron chi connectivity index (χ4n) is 3.66. The van der Waals surface area contributed by atoms with Crippen molar-refractivity contribution in [1.82, 2.24) is 19.9 Å². The summed E-state index contributed by atoms with van der Waals surface area (Å²) in [6.07, 6.45) is 0.226. The van der Waals surface area contributed by atoms with Crippen molar-refractivity contribution in [2.24, 2.45) is 11.3 Å². The summed E-state index contributed by atoms with van der Waals surface area (Å²) in [5, 5.41) is 10.1. The van der Waals surface area contributed by atoms with Crippen LogP contribution in [0.2, 0.25) is 0 Å². The van der Waals surface area contributed by atoms with Crippen LogP contribution in [0.3, 0.4) is 0 Å². The average Bonchev–Trinajstić information content (AvgIpc) is 2.73. The fourth-order valence-corrected chi connectivity index (χ4v) is 3.66. The van der Waals surface area contributed by atoms with Crippen LogP contribution in [0.4, 0.5) is 13.2 Å². The molecule has 1 spiro atoms. The zero-order chi connectivity index (χ0) is 14.7. The van der Waals surface area contributed by atoms with E-state index in [4.69, 9.17) is 0 Å². The highest BCUT2D eigenvalue weighted by molar-refractivity contribution is 5.40. The Kier molecular flexibility index (Phi) is 2.61. The van der Waals surface area contributed by atoms with Crippen molar-refractivity contribution in [3.63, 3.8) is 0 Å². The second-order valence-corrected chi connectivity index (χ2v) is 6.37. The van der Waals surface area contributed by atoms with E-state index in [2.05, 4.69) is 15.5 Å². The summed E-state index contributed by atoms with van der Waals surface area (Å²) in [5.41, 5.74) is 1.64. The third-order valence-electron chi connectivity index (χ3n) is 4.68. The third-order valence-corrected chi connectivity index (χ3v) is 4.68. The number of alkyl halides is 3.